The zero-order chi connectivity index (χ0) is 23.7. The third kappa shape index (κ3) is 4.53. The van der Waals surface area contributed by atoms with Gasteiger partial charge < -0.3 is 9.64 Å². The van der Waals surface area contributed by atoms with E-state index in [2.05, 4.69) is 23.2 Å². The average Bonchev–Trinajstić information content (AvgIpc) is 3.53. The Morgan fingerprint density at radius 3 is 2.71 bits per heavy atom. The highest BCUT2D eigenvalue weighted by atomic mass is 32.2. The number of benzene rings is 1. The van der Waals surface area contributed by atoms with E-state index < -0.39 is 9.84 Å². The Labute approximate surface area is 201 Å². The van der Waals surface area contributed by atoms with Crippen LogP contribution in [0, 0.1) is 0 Å². The Hall–Kier alpha value is -2.93. The number of allylic oxidation sites excluding steroid dienone is 2. The van der Waals surface area contributed by atoms with Crippen molar-refractivity contribution in [3.8, 4) is 11.1 Å². The van der Waals surface area contributed by atoms with E-state index in [4.69, 9.17) is 4.74 Å². The summed E-state index contributed by atoms with van der Waals surface area (Å²) in [5.41, 5.74) is 6.26. The topological polar surface area (TPSA) is 76.6 Å². The summed E-state index contributed by atoms with van der Waals surface area (Å²) in [6.07, 6.45) is 11.8. The lowest BCUT2D eigenvalue weighted by Crippen LogP contribution is -2.37. The van der Waals surface area contributed by atoms with Crippen molar-refractivity contribution >= 4 is 21.5 Å². The van der Waals surface area contributed by atoms with Gasteiger partial charge in [-0.05, 0) is 67.0 Å². The Balaban J connectivity index is 1.34. The maximum Gasteiger partial charge on any atom is 0.410 e. The second-order valence-electron chi connectivity index (χ2n) is 9.19. The molecule has 0 unspecified atom stereocenters. The number of hydrogen-bond donors (Lipinski definition) is 0. The van der Waals surface area contributed by atoms with Gasteiger partial charge in [0.2, 0.25) is 0 Å². The first-order chi connectivity index (χ1) is 16.4. The summed E-state index contributed by atoms with van der Waals surface area (Å²) in [6, 6.07) is 9.19. The van der Waals surface area contributed by atoms with Crippen molar-refractivity contribution in [2.45, 2.75) is 56.4 Å². The van der Waals surface area contributed by atoms with Crippen LogP contribution in [0.25, 0.3) is 16.7 Å². The van der Waals surface area contributed by atoms with E-state index >= 15 is 0 Å². The lowest BCUT2D eigenvalue weighted by molar-refractivity contribution is 0.0676. The monoisotopic (exact) mass is 478 g/mol. The minimum absolute atomic E-state index is 0.0746. The summed E-state index contributed by atoms with van der Waals surface area (Å²) in [5, 5.41) is 0. The van der Waals surface area contributed by atoms with Crippen LogP contribution in [0.1, 0.15) is 50.3 Å². The lowest BCUT2D eigenvalue weighted by atomic mass is 9.94. The molecule has 0 bridgehead atoms. The summed E-state index contributed by atoms with van der Waals surface area (Å²) in [4.78, 5) is 19.3. The van der Waals surface area contributed by atoms with Crippen molar-refractivity contribution in [2.24, 2.45) is 0 Å². The van der Waals surface area contributed by atoms with Gasteiger partial charge in [-0.3, -0.25) is 4.98 Å². The molecular formula is C27H30N2O4S. The SMILES string of the molecule is CCS(=O)(=O)c1cccc(-c2cnc3c(c2)C(C2=CCN(C(=O)OC4CCCC4)CC2)=CC3)c1. The fourth-order valence-corrected chi connectivity index (χ4v) is 5.92. The third-order valence-corrected chi connectivity index (χ3v) is 8.78. The zero-order valence-electron chi connectivity index (χ0n) is 19.5. The van der Waals surface area contributed by atoms with Gasteiger partial charge in [0.15, 0.2) is 9.84 Å². The molecule has 1 aliphatic heterocycles. The first kappa shape index (κ1) is 22.8. The first-order valence-electron chi connectivity index (χ1n) is 12.1. The summed E-state index contributed by atoms with van der Waals surface area (Å²) in [7, 11) is -3.27. The second-order valence-corrected chi connectivity index (χ2v) is 11.5. The van der Waals surface area contributed by atoms with Crippen molar-refractivity contribution in [3.63, 3.8) is 0 Å². The molecule has 2 heterocycles. The average molecular weight is 479 g/mol. The van der Waals surface area contributed by atoms with Gasteiger partial charge in [0.25, 0.3) is 0 Å². The van der Waals surface area contributed by atoms with Crippen LogP contribution in [-0.4, -0.2) is 49.3 Å². The van der Waals surface area contributed by atoms with Crippen LogP contribution in [0.4, 0.5) is 4.79 Å². The number of sulfone groups is 1. The van der Waals surface area contributed by atoms with Gasteiger partial charge >= 0.3 is 6.09 Å². The third-order valence-electron chi connectivity index (χ3n) is 7.05. The van der Waals surface area contributed by atoms with Crippen molar-refractivity contribution in [3.05, 3.63) is 65.5 Å². The van der Waals surface area contributed by atoms with Crippen molar-refractivity contribution < 1.29 is 17.9 Å². The molecule has 1 saturated carbocycles. The van der Waals surface area contributed by atoms with E-state index in [1.165, 1.54) is 11.1 Å². The summed E-state index contributed by atoms with van der Waals surface area (Å²) in [5.74, 6) is 0.0746. The molecule has 178 valence electrons. The number of carbonyl (C=O) groups is 1. The Morgan fingerprint density at radius 2 is 1.97 bits per heavy atom. The van der Waals surface area contributed by atoms with Gasteiger partial charge in [-0.2, -0.15) is 0 Å². The minimum atomic E-state index is -3.27. The number of aromatic nitrogens is 1. The van der Waals surface area contributed by atoms with Crippen molar-refractivity contribution in [2.75, 3.05) is 18.8 Å². The van der Waals surface area contributed by atoms with E-state index in [1.54, 1.807) is 30.0 Å². The molecule has 0 saturated heterocycles. The highest BCUT2D eigenvalue weighted by Crippen LogP contribution is 2.37. The van der Waals surface area contributed by atoms with Crippen LogP contribution in [0.3, 0.4) is 0 Å². The van der Waals surface area contributed by atoms with Crippen LogP contribution < -0.4 is 0 Å². The Kier molecular flexibility index (Phi) is 6.30. The molecule has 2 aliphatic carbocycles. The van der Waals surface area contributed by atoms with Gasteiger partial charge in [0.1, 0.15) is 6.10 Å². The Morgan fingerprint density at radius 1 is 1.15 bits per heavy atom. The summed E-state index contributed by atoms with van der Waals surface area (Å²) >= 11 is 0. The van der Waals surface area contributed by atoms with Gasteiger partial charge in [0, 0.05) is 36.8 Å². The number of nitrogens with zero attached hydrogens (tertiary/aromatic N) is 2. The van der Waals surface area contributed by atoms with E-state index in [1.807, 2.05) is 12.3 Å². The molecule has 1 aromatic heterocycles. The molecule has 0 radical (unpaired) electrons. The molecule has 1 fully saturated rings. The quantitative estimate of drug-likeness (QED) is 0.591. The molecule has 2 aromatic rings. The number of fused-ring (bicyclic) bond motifs is 1. The highest BCUT2D eigenvalue weighted by Gasteiger charge is 2.27. The smallest absolute Gasteiger partial charge is 0.410 e. The van der Waals surface area contributed by atoms with Crippen LogP contribution in [-0.2, 0) is 21.0 Å². The number of carbonyl (C=O) groups excluding carboxylic acids is 1. The normalized spacial score (nSPS) is 18.4. The molecule has 0 atom stereocenters. The molecule has 6 nitrogen and oxygen atoms in total. The predicted octanol–water partition coefficient (Wildman–Crippen LogP) is 5.19. The molecule has 5 rings (SSSR count). The molecule has 0 spiro atoms. The fraction of sp³-hybridized carbons (Fsp3) is 0.407. The van der Waals surface area contributed by atoms with Crippen LogP contribution in [0.5, 0.6) is 0 Å². The maximum absolute atomic E-state index is 12.5. The number of ether oxygens (including phenoxy) is 1. The number of pyridine rings is 1. The van der Waals surface area contributed by atoms with Gasteiger partial charge in [-0.15, -0.1) is 0 Å². The van der Waals surface area contributed by atoms with Crippen LogP contribution >= 0.6 is 0 Å². The maximum atomic E-state index is 12.5. The molecule has 1 aromatic carbocycles. The first-order valence-corrected chi connectivity index (χ1v) is 13.8. The number of amides is 1. The van der Waals surface area contributed by atoms with Gasteiger partial charge in [-0.25, -0.2) is 13.2 Å². The fourth-order valence-electron chi connectivity index (χ4n) is 5.00. The van der Waals surface area contributed by atoms with E-state index in [0.717, 1.165) is 60.9 Å². The van der Waals surface area contributed by atoms with E-state index in [9.17, 15) is 13.2 Å². The van der Waals surface area contributed by atoms with Crippen LogP contribution in [0.15, 0.2) is 59.1 Å². The van der Waals surface area contributed by atoms with Gasteiger partial charge in [-0.1, -0.05) is 31.2 Å². The second kappa shape index (κ2) is 9.37. The molecule has 0 N–H and O–H groups in total. The van der Waals surface area contributed by atoms with Crippen molar-refractivity contribution in [1.82, 2.24) is 9.88 Å². The Bertz CT molecular complexity index is 1270. The van der Waals surface area contributed by atoms with E-state index in [0.29, 0.717) is 18.0 Å². The largest absolute Gasteiger partial charge is 0.446 e. The van der Waals surface area contributed by atoms with Crippen molar-refractivity contribution in [1.29, 1.82) is 0 Å². The van der Waals surface area contributed by atoms with Gasteiger partial charge in [0.05, 0.1) is 16.3 Å². The molecule has 1 amide bonds. The lowest BCUT2D eigenvalue weighted by Gasteiger charge is -2.27. The standard InChI is InChI=1S/C27H30N2O4S/c1-2-34(31,32)23-9-5-6-20(16-23)21-17-25-24(10-11-26(25)28-18-21)19-12-14-29(15-13-19)27(30)33-22-7-3-4-8-22/h5-6,9-10,12,16-18,22H,2-4,7-8,11,13-15H2,1H3. The molecular weight excluding hydrogens is 448 g/mol. The van der Waals surface area contributed by atoms with E-state index in [-0.39, 0.29) is 18.0 Å². The summed E-state index contributed by atoms with van der Waals surface area (Å²) in [6.45, 7) is 2.86. The predicted molar refractivity (Wildman–Crippen MR) is 132 cm³/mol. The number of rotatable bonds is 5. The molecule has 3 aliphatic rings. The number of hydrogen-bond acceptors (Lipinski definition) is 5. The summed E-state index contributed by atoms with van der Waals surface area (Å²) < 4.78 is 30.3. The zero-order valence-corrected chi connectivity index (χ0v) is 20.3. The molecule has 34 heavy (non-hydrogen) atoms. The molecule has 7 heteroatoms. The van der Waals surface area contributed by atoms with Crippen LogP contribution in [0.2, 0.25) is 0 Å². The highest BCUT2D eigenvalue weighted by molar-refractivity contribution is 7.91. The minimum Gasteiger partial charge on any atom is -0.446 e.